The van der Waals surface area contributed by atoms with Crippen molar-refractivity contribution < 1.29 is 13.2 Å². The third kappa shape index (κ3) is 6.10. The van der Waals surface area contributed by atoms with Crippen LogP contribution in [-0.2, 0) is 6.18 Å². The van der Waals surface area contributed by atoms with Gasteiger partial charge in [0.25, 0.3) is 0 Å². The van der Waals surface area contributed by atoms with Gasteiger partial charge < -0.3 is 4.90 Å². The Bertz CT molecular complexity index is 632. The van der Waals surface area contributed by atoms with Crippen molar-refractivity contribution in [2.24, 2.45) is 10.8 Å². The molecule has 0 aliphatic carbocycles. The van der Waals surface area contributed by atoms with Gasteiger partial charge in [0.15, 0.2) is 0 Å². The second-order valence-electron chi connectivity index (χ2n) is 9.59. The zero-order chi connectivity index (χ0) is 20.4. The second kappa shape index (κ2) is 8.52. The number of nitrogens with zero attached hydrogens (tertiary/aromatic N) is 3. The van der Waals surface area contributed by atoms with Gasteiger partial charge in [0.05, 0.1) is 0 Å². The molecule has 3 rings (SSSR count). The Morgan fingerprint density at radius 1 is 1.07 bits per heavy atom. The molecule has 2 fully saturated rings. The molecule has 28 heavy (non-hydrogen) atoms. The minimum atomic E-state index is -4.38. The first-order valence-corrected chi connectivity index (χ1v) is 11.0. The highest BCUT2D eigenvalue weighted by atomic mass is 32.2. The number of rotatable bonds is 4. The number of likely N-dealkylation sites (tertiary alicyclic amines) is 1. The van der Waals surface area contributed by atoms with E-state index in [0.717, 1.165) is 43.6 Å². The highest BCUT2D eigenvalue weighted by Crippen LogP contribution is 2.43. The quantitative estimate of drug-likeness (QED) is 0.586. The molecule has 0 aromatic carbocycles. The highest BCUT2D eigenvalue weighted by Gasteiger charge is 2.39. The number of pyridine rings is 1. The summed E-state index contributed by atoms with van der Waals surface area (Å²) in [4.78, 5) is 6.97. The molecule has 0 atom stereocenters. The van der Waals surface area contributed by atoms with Gasteiger partial charge in [0.1, 0.15) is 5.69 Å². The van der Waals surface area contributed by atoms with Crippen LogP contribution in [0.5, 0.6) is 0 Å². The van der Waals surface area contributed by atoms with Gasteiger partial charge in [-0.2, -0.15) is 13.2 Å². The molecular formula is C21H32F3N3S. The molecule has 2 saturated heterocycles. The number of aromatic nitrogens is 1. The minimum absolute atomic E-state index is 0.364. The third-order valence-corrected chi connectivity index (χ3v) is 7.00. The summed E-state index contributed by atoms with van der Waals surface area (Å²) in [5.41, 5.74) is -0.0825. The summed E-state index contributed by atoms with van der Waals surface area (Å²) in [5.74, 6) is 0. The molecule has 2 aliphatic heterocycles. The van der Waals surface area contributed by atoms with E-state index in [-0.39, 0.29) is 0 Å². The molecule has 2 aliphatic rings. The monoisotopic (exact) mass is 415 g/mol. The van der Waals surface area contributed by atoms with Crippen LogP contribution in [0.4, 0.5) is 13.2 Å². The molecule has 0 N–H and O–H groups in total. The van der Waals surface area contributed by atoms with E-state index in [0.29, 0.717) is 10.8 Å². The van der Waals surface area contributed by atoms with Crippen LogP contribution >= 0.6 is 11.9 Å². The minimum Gasteiger partial charge on any atom is -0.303 e. The molecular weight excluding hydrogens is 383 g/mol. The van der Waals surface area contributed by atoms with E-state index in [1.165, 1.54) is 44.5 Å². The van der Waals surface area contributed by atoms with Gasteiger partial charge >= 0.3 is 6.18 Å². The van der Waals surface area contributed by atoms with Crippen LogP contribution in [0.3, 0.4) is 0 Å². The van der Waals surface area contributed by atoms with Crippen molar-refractivity contribution in [2.75, 3.05) is 32.7 Å². The third-order valence-electron chi connectivity index (χ3n) is 5.98. The van der Waals surface area contributed by atoms with Gasteiger partial charge in [-0.1, -0.05) is 20.8 Å². The van der Waals surface area contributed by atoms with Crippen molar-refractivity contribution in [3.8, 4) is 0 Å². The van der Waals surface area contributed by atoms with E-state index in [9.17, 15) is 13.2 Å². The van der Waals surface area contributed by atoms with Gasteiger partial charge in [-0.05, 0) is 86.6 Å². The van der Waals surface area contributed by atoms with Crippen LogP contribution in [0.1, 0.15) is 58.6 Å². The average Bonchev–Trinajstić information content (AvgIpc) is 2.60. The van der Waals surface area contributed by atoms with Gasteiger partial charge in [0, 0.05) is 24.2 Å². The Balaban J connectivity index is 1.52. The zero-order valence-electron chi connectivity index (χ0n) is 17.2. The first-order chi connectivity index (χ1) is 13.0. The molecule has 0 radical (unpaired) electrons. The largest absolute Gasteiger partial charge is 0.433 e. The van der Waals surface area contributed by atoms with E-state index in [1.54, 1.807) is 11.9 Å². The first-order valence-electron chi connectivity index (χ1n) is 10.2. The summed E-state index contributed by atoms with van der Waals surface area (Å²) in [6.45, 7) is 12.4. The predicted octanol–water partition coefficient (Wildman–Crippen LogP) is 5.72. The number of hydrogen-bond donors (Lipinski definition) is 0. The van der Waals surface area contributed by atoms with Crippen molar-refractivity contribution in [1.82, 2.24) is 14.2 Å². The van der Waals surface area contributed by atoms with E-state index in [2.05, 4.69) is 35.0 Å². The zero-order valence-corrected chi connectivity index (χ0v) is 18.0. The molecule has 1 aromatic rings. The van der Waals surface area contributed by atoms with Crippen molar-refractivity contribution in [3.05, 3.63) is 24.0 Å². The van der Waals surface area contributed by atoms with Crippen LogP contribution in [0.2, 0.25) is 0 Å². The Morgan fingerprint density at radius 2 is 1.79 bits per heavy atom. The normalized spacial score (nSPS) is 21.9. The fraction of sp³-hybridized carbons (Fsp3) is 0.762. The summed E-state index contributed by atoms with van der Waals surface area (Å²) in [6.07, 6.45) is 3.07. The van der Waals surface area contributed by atoms with Crippen molar-refractivity contribution in [2.45, 2.75) is 63.9 Å². The van der Waals surface area contributed by atoms with Crippen molar-refractivity contribution >= 4 is 11.9 Å². The fourth-order valence-electron chi connectivity index (χ4n) is 4.14. The molecule has 3 heterocycles. The van der Waals surface area contributed by atoms with Gasteiger partial charge in [-0.3, -0.25) is 4.98 Å². The number of halogens is 3. The summed E-state index contributed by atoms with van der Waals surface area (Å²) < 4.78 is 40.4. The Kier molecular flexibility index (Phi) is 6.67. The summed E-state index contributed by atoms with van der Waals surface area (Å²) in [7, 11) is 0. The second-order valence-corrected chi connectivity index (χ2v) is 10.8. The summed E-state index contributed by atoms with van der Waals surface area (Å²) in [5, 5.41) is 0. The number of piperidine rings is 2. The molecule has 0 bridgehead atoms. The van der Waals surface area contributed by atoms with Crippen molar-refractivity contribution in [1.29, 1.82) is 0 Å². The average molecular weight is 416 g/mol. The Labute approximate surface area is 171 Å². The highest BCUT2D eigenvalue weighted by molar-refractivity contribution is 7.97. The molecule has 3 nitrogen and oxygen atoms in total. The number of alkyl halides is 3. The lowest BCUT2D eigenvalue weighted by molar-refractivity contribution is -0.141. The lowest BCUT2D eigenvalue weighted by atomic mass is 9.73. The van der Waals surface area contributed by atoms with Gasteiger partial charge in [-0.15, -0.1) is 0 Å². The topological polar surface area (TPSA) is 19.4 Å². The standard InChI is InChI=1S/C21H32F3N3S/c1-19(2,3)8-12-26-13-9-20(10-14-26)7-4-11-27(16-20)28-17-5-6-18(25-15-17)21(22,23)24/h5-6,15H,4,7-14,16H2,1-3H3. The summed E-state index contributed by atoms with van der Waals surface area (Å²) >= 11 is 1.56. The smallest absolute Gasteiger partial charge is 0.303 e. The molecule has 158 valence electrons. The molecule has 1 spiro atoms. The van der Waals surface area contributed by atoms with Crippen LogP contribution in [0, 0.1) is 10.8 Å². The number of hydrogen-bond acceptors (Lipinski definition) is 4. The van der Waals surface area contributed by atoms with E-state index < -0.39 is 11.9 Å². The van der Waals surface area contributed by atoms with Gasteiger partial charge in [0.2, 0.25) is 0 Å². The molecule has 1 aromatic heterocycles. The lowest BCUT2D eigenvalue weighted by Gasteiger charge is -2.47. The van der Waals surface area contributed by atoms with Crippen LogP contribution in [0.25, 0.3) is 0 Å². The SMILES string of the molecule is CC(C)(C)CCN1CCC2(CCCN(Sc3ccc(C(F)(F)F)nc3)C2)CC1. The first kappa shape index (κ1) is 21.9. The van der Waals surface area contributed by atoms with Crippen LogP contribution < -0.4 is 0 Å². The molecule has 0 saturated carbocycles. The fourth-order valence-corrected chi connectivity index (χ4v) is 5.23. The van der Waals surface area contributed by atoms with Crippen molar-refractivity contribution in [3.63, 3.8) is 0 Å². The van der Waals surface area contributed by atoms with Gasteiger partial charge in [-0.25, -0.2) is 4.31 Å². The lowest BCUT2D eigenvalue weighted by Crippen LogP contribution is -2.48. The van der Waals surface area contributed by atoms with Crippen LogP contribution in [-0.4, -0.2) is 46.9 Å². The summed E-state index contributed by atoms with van der Waals surface area (Å²) in [6, 6.07) is 2.62. The maximum absolute atomic E-state index is 12.7. The van der Waals surface area contributed by atoms with E-state index >= 15 is 0 Å². The molecule has 0 unspecified atom stereocenters. The molecule has 7 heteroatoms. The Hall–Kier alpha value is -0.790. The predicted molar refractivity (Wildman–Crippen MR) is 108 cm³/mol. The maximum Gasteiger partial charge on any atom is 0.433 e. The van der Waals surface area contributed by atoms with E-state index in [4.69, 9.17) is 0 Å². The Morgan fingerprint density at radius 3 is 2.36 bits per heavy atom. The van der Waals surface area contributed by atoms with E-state index in [1.807, 2.05) is 0 Å². The van der Waals surface area contributed by atoms with Crippen LogP contribution in [0.15, 0.2) is 23.2 Å². The maximum atomic E-state index is 12.7. The molecule has 0 amide bonds.